The molecule has 2 rings (SSSR count). The Morgan fingerprint density at radius 3 is 2.90 bits per heavy atom. The van der Waals surface area contributed by atoms with Crippen LogP contribution < -0.4 is 10.6 Å². The smallest absolute Gasteiger partial charge is 0.240 e. The van der Waals surface area contributed by atoms with Crippen LogP contribution in [0.25, 0.3) is 10.2 Å². The van der Waals surface area contributed by atoms with Crippen LogP contribution in [0.15, 0.2) is 22.7 Å². The summed E-state index contributed by atoms with van der Waals surface area (Å²) in [5.74, 6) is -0.668. The molecule has 0 spiro atoms. The second-order valence-corrected chi connectivity index (χ2v) is 6.14. The highest BCUT2D eigenvalue weighted by Gasteiger charge is 2.10. The lowest BCUT2D eigenvalue weighted by Gasteiger charge is -2.03. The number of amides is 2. The normalized spacial score (nSPS) is 10.1. The summed E-state index contributed by atoms with van der Waals surface area (Å²) in [6.45, 7) is -0.210. The number of nitriles is 1. The van der Waals surface area contributed by atoms with Gasteiger partial charge < -0.3 is 10.6 Å². The van der Waals surface area contributed by atoms with Gasteiger partial charge in [0.05, 0.1) is 29.3 Å². The van der Waals surface area contributed by atoms with Crippen molar-refractivity contribution in [3.05, 3.63) is 27.7 Å². The van der Waals surface area contributed by atoms with E-state index in [1.807, 2.05) is 18.2 Å². The fourth-order valence-corrected chi connectivity index (χ4v) is 3.12. The van der Waals surface area contributed by atoms with E-state index in [4.69, 9.17) is 5.26 Å². The highest BCUT2D eigenvalue weighted by atomic mass is 79.9. The van der Waals surface area contributed by atoms with Gasteiger partial charge >= 0.3 is 0 Å². The van der Waals surface area contributed by atoms with Gasteiger partial charge in [-0.05, 0) is 18.2 Å². The van der Waals surface area contributed by atoms with Gasteiger partial charge in [0.2, 0.25) is 11.8 Å². The number of halogens is 1. The Balaban J connectivity index is 1.89. The van der Waals surface area contributed by atoms with Gasteiger partial charge in [-0.15, -0.1) is 11.3 Å². The molecule has 1 aromatic heterocycles. The third-order valence-corrected chi connectivity index (χ3v) is 4.03. The van der Waals surface area contributed by atoms with Gasteiger partial charge in [0.15, 0.2) is 0 Å². The van der Waals surface area contributed by atoms with Gasteiger partial charge in [-0.25, -0.2) is 4.98 Å². The molecule has 1 heterocycles. The van der Waals surface area contributed by atoms with Gasteiger partial charge in [0.25, 0.3) is 0 Å². The molecule has 2 N–H and O–H groups in total. The molecule has 21 heavy (non-hydrogen) atoms. The van der Waals surface area contributed by atoms with E-state index in [9.17, 15) is 9.59 Å². The average Bonchev–Trinajstić information content (AvgIpc) is 2.84. The number of nitrogens with zero attached hydrogens (tertiary/aromatic N) is 2. The number of fused-ring (bicyclic) bond motifs is 1. The van der Waals surface area contributed by atoms with Crippen molar-refractivity contribution in [3.8, 4) is 6.07 Å². The van der Waals surface area contributed by atoms with Crippen LogP contribution >= 0.6 is 27.3 Å². The zero-order valence-corrected chi connectivity index (χ0v) is 13.3. The molecule has 0 fully saturated rings. The number of hydrogen-bond acceptors (Lipinski definition) is 5. The van der Waals surface area contributed by atoms with E-state index in [1.54, 1.807) is 6.07 Å². The molecule has 0 aliphatic carbocycles. The topological polar surface area (TPSA) is 94.9 Å². The molecule has 1 aromatic carbocycles. The number of carbonyl (C=O) groups is 2. The number of aromatic nitrogens is 1. The minimum Gasteiger partial charge on any atom is -0.347 e. The minimum absolute atomic E-state index is 0.0680. The molecule has 0 bridgehead atoms. The van der Waals surface area contributed by atoms with Crippen LogP contribution in [-0.2, 0) is 16.0 Å². The highest BCUT2D eigenvalue weighted by Crippen LogP contribution is 2.25. The number of carbonyl (C=O) groups excluding carboxylic acids is 2. The molecule has 0 saturated heterocycles. The lowest BCUT2D eigenvalue weighted by atomic mass is 10.3. The van der Waals surface area contributed by atoms with Crippen molar-refractivity contribution in [1.82, 2.24) is 15.6 Å². The number of thiazole rings is 1. The van der Waals surface area contributed by atoms with Crippen molar-refractivity contribution in [1.29, 1.82) is 5.26 Å². The van der Waals surface area contributed by atoms with Gasteiger partial charge in [-0.3, -0.25) is 9.59 Å². The number of rotatable bonds is 5. The average molecular weight is 367 g/mol. The summed E-state index contributed by atoms with van der Waals surface area (Å²) in [6, 6.07) is 7.51. The third kappa shape index (κ3) is 4.51. The highest BCUT2D eigenvalue weighted by molar-refractivity contribution is 9.10. The van der Waals surface area contributed by atoms with Crippen molar-refractivity contribution in [2.24, 2.45) is 0 Å². The Kier molecular flexibility index (Phi) is 5.25. The van der Waals surface area contributed by atoms with E-state index in [-0.39, 0.29) is 25.4 Å². The predicted molar refractivity (Wildman–Crippen MR) is 82.7 cm³/mol. The Bertz CT molecular complexity index is 723. The molecule has 0 aliphatic rings. The molecule has 6 nitrogen and oxygen atoms in total. The van der Waals surface area contributed by atoms with Crippen LogP contribution in [0, 0.1) is 11.3 Å². The minimum atomic E-state index is -0.391. The number of nitrogens with one attached hydrogen (secondary N) is 2. The zero-order chi connectivity index (χ0) is 15.2. The Morgan fingerprint density at radius 1 is 1.33 bits per heavy atom. The van der Waals surface area contributed by atoms with Crippen LogP contribution in [0.2, 0.25) is 0 Å². The molecule has 0 saturated carbocycles. The van der Waals surface area contributed by atoms with E-state index in [1.165, 1.54) is 11.3 Å². The Hall–Kier alpha value is -1.98. The van der Waals surface area contributed by atoms with Crippen LogP contribution in [0.3, 0.4) is 0 Å². The third-order valence-electron chi connectivity index (χ3n) is 2.52. The summed E-state index contributed by atoms with van der Waals surface area (Å²) in [5, 5.41) is 13.8. The Labute approximate surface area is 133 Å². The number of hydrogen-bond donors (Lipinski definition) is 2. The van der Waals surface area contributed by atoms with E-state index in [2.05, 4.69) is 31.5 Å². The fraction of sp³-hybridized carbons (Fsp3) is 0.231. The molecule has 8 heteroatoms. The standard InChI is InChI=1S/C13H11BrN4O2S/c14-8-1-2-9-10(5-8)21-13(18-9)6-11(19)17-7-12(20)16-4-3-15/h1-2,5H,4,6-7H2,(H,16,20)(H,17,19). The lowest BCUT2D eigenvalue weighted by Crippen LogP contribution is -2.37. The molecular weight excluding hydrogens is 356 g/mol. The van der Waals surface area contributed by atoms with Crippen molar-refractivity contribution >= 4 is 49.3 Å². The first kappa shape index (κ1) is 15.4. The first-order chi connectivity index (χ1) is 10.1. The summed E-state index contributed by atoms with van der Waals surface area (Å²) in [5.41, 5.74) is 0.845. The predicted octanol–water partition coefficient (Wildman–Crippen LogP) is 1.36. The van der Waals surface area contributed by atoms with Crippen LogP contribution in [0.5, 0.6) is 0 Å². The quantitative estimate of drug-likeness (QED) is 0.780. The monoisotopic (exact) mass is 366 g/mol. The number of benzene rings is 1. The second kappa shape index (κ2) is 7.15. The van der Waals surface area contributed by atoms with Crippen molar-refractivity contribution in [2.45, 2.75) is 6.42 Å². The zero-order valence-electron chi connectivity index (χ0n) is 10.9. The maximum Gasteiger partial charge on any atom is 0.240 e. The van der Waals surface area contributed by atoms with Gasteiger partial charge in [0, 0.05) is 4.47 Å². The van der Waals surface area contributed by atoms with E-state index < -0.39 is 5.91 Å². The maximum atomic E-state index is 11.7. The molecule has 0 radical (unpaired) electrons. The largest absolute Gasteiger partial charge is 0.347 e. The molecule has 0 aliphatic heterocycles. The summed E-state index contributed by atoms with van der Waals surface area (Å²) in [7, 11) is 0. The SMILES string of the molecule is N#CCNC(=O)CNC(=O)Cc1nc2ccc(Br)cc2s1. The van der Waals surface area contributed by atoms with E-state index in [0.717, 1.165) is 14.7 Å². The molecule has 0 atom stereocenters. The first-order valence-corrected chi connectivity index (χ1v) is 7.65. The van der Waals surface area contributed by atoms with Gasteiger partial charge in [0.1, 0.15) is 11.6 Å². The van der Waals surface area contributed by atoms with E-state index >= 15 is 0 Å². The molecular formula is C13H11BrN4O2S. The van der Waals surface area contributed by atoms with Crippen LogP contribution in [0.1, 0.15) is 5.01 Å². The summed E-state index contributed by atoms with van der Waals surface area (Å²) < 4.78 is 1.96. The second-order valence-electron chi connectivity index (χ2n) is 4.11. The summed E-state index contributed by atoms with van der Waals surface area (Å²) in [6.07, 6.45) is 0.127. The van der Waals surface area contributed by atoms with Crippen LogP contribution in [0.4, 0.5) is 0 Å². The molecule has 108 valence electrons. The summed E-state index contributed by atoms with van der Waals surface area (Å²) >= 11 is 4.83. The fourth-order valence-electron chi connectivity index (χ4n) is 1.60. The molecule has 2 aromatic rings. The lowest BCUT2D eigenvalue weighted by molar-refractivity contribution is -0.125. The first-order valence-electron chi connectivity index (χ1n) is 6.04. The van der Waals surface area contributed by atoms with Crippen molar-refractivity contribution in [2.75, 3.05) is 13.1 Å². The van der Waals surface area contributed by atoms with Crippen LogP contribution in [-0.4, -0.2) is 29.9 Å². The van der Waals surface area contributed by atoms with Crippen molar-refractivity contribution < 1.29 is 9.59 Å². The maximum absolute atomic E-state index is 11.7. The molecule has 0 unspecified atom stereocenters. The molecule has 2 amide bonds. The van der Waals surface area contributed by atoms with Gasteiger partial charge in [-0.2, -0.15) is 5.26 Å². The van der Waals surface area contributed by atoms with Crippen molar-refractivity contribution in [3.63, 3.8) is 0 Å². The summed E-state index contributed by atoms with van der Waals surface area (Å²) in [4.78, 5) is 27.3. The van der Waals surface area contributed by atoms with Gasteiger partial charge in [-0.1, -0.05) is 15.9 Å². The Morgan fingerprint density at radius 2 is 2.14 bits per heavy atom. The van der Waals surface area contributed by atoms with E-state index in [0.29, 0.717) is 5.01 Å².